The number of thiazole rings is 1. The van der Waals surface area contributed by atoms with E-state index in [2.05, 4.69) is 9.11 Å². The molecule has 0 saturated carbocycles. The minimum absolute atomic E-state index is 0.252. The molecule has 0 spiro atoms. The standard InChI is InChI=1S/C14H12N2O2S3/c1-10-6-8-11(9-7-10)21(17,18)16-20-14-15-12-4-2-3-5-13(12)19-14/h2-9,16H,1H3. The lowest BCUT2D eigenvalue weighted by atomic mass is 10.2. The van der Waals surface area contributed by atoms with Crippen molar-refractivity contribution in [1.29, 1.82) is 0 Å². The van der Waals surface area contributed by atoms with Crippen molar-refractivity contribution in [2.24, 2.45) is 0 Å². The molecule has 21 heavy (non-hydrogen) atoms. The van der Waals surface area contributed by atoms with Crippen LogP contribution in [0.15, 0.2) is 57.8 Å². The van der Waals surface area contributed by atoms with Gasteiger partial charge in [-0.3, -0.25) is 0 Å². The first-order valence-corrected chi connectivity index (χ1v) is 9.27. The van der Waals surface area contributed by atoms with E-state index < -0.39 is 10.0 Å². The monoisotopic (exact) mass is 336 g/mol. The van der Waals surface area contributed by atoms with Crippen molar-refractivity contribution in [3.05, 3.63) is 54.1 Å². The van der Waals surface area contributed by atoms with Gasteiger partial charge in [-0.2, -0.15) is 0 Å². The highest BCUT2D eigenvalue weighted by atomic mass is 32.3. The normalized spacial score (nSPS) is 11.9. The van der Waals surface area contributed by atoms with Gasteiger partial charge < -0.3 is 0 Å². The number of nitrogens with one attached hydrogen (secondary N) is 1. The van der Waals surface area contributed by atoms with Crippen molar-refractivity contribution in [3.8, 4) is 0 Å². The summed E-state index contributed by atoms with van der Waals surface area (Å²) in [6.07, 6.45) is 0. The molecular weight excluding hydrogens is 324 g/mol. The Hall–Kier alpha value is -1.41. The average molecular weight is 336 g/mol. The summed E-state index contributed by atoms with van der Waals surface area (Å²) in [6, 6.07) is 14.5. The van der Waals surface area contributed by atoms with Crippen molar-refractivity contribution >= 4 is 43.5 Å². The fourth-order valence-electron chi connectivity index (χ4n) is 1.75. The molecule has 0 saturated heterocycles. The lowest BCUT2D eigenvalue weighted by Crippen LogP contribution is -2.16. The van der Waals surface area contributed by atoms with Gasteiger partial charge in [0.25, 0.3) is 0 Å². The van der Waals surface area contributed by atoms with E-state index in [1.807, 2.05) is 31.2 Å². The molecule has 0 aliphatic heterocycles. The molecule has 108 valence electrons. The Morgan fingerprint density at radius 1 is 1.10 bits per heavy atom. The topological polar surface area (TPSA) is 59.1 Å². The Morgan fingerprint density at radius 2 is 1.81 bits per heavy atom. The van der Waals surface area contributed by atoms with Crippen molar-refractivity contribution < 1.29 is 8.42 Å². The molecule has 3 rings (SSSR count). The molecule has 0 fully saturated rings. The maximum absolute atomic E-state index is 12.2. The molecule has 0 aliphatic carbocycles. The van der Waals surface area contributed by atoms with Crippen LogP contribution in [0.3, 0.4) is 0 Å². The zero-order valence-electron chi connectivity index (χ0n) is 11.1. The SMILES string of the molecule is Cc1ccc(S(=O)(=O)NSc2nc3ccccc3s2)cc1. The van der Waals surface area contributed by atoms with Gasteiger partial charge in [-0.1, -0.05) is 29.8 Å². The van der Waals surface area contributed by atoms with Gasteiger partial charge in [-0.05, 0) is 31.2 Å². The summed E-state index contributed by atoms with van der Waals surface area (Å²) in [5.41, 5.74) is 1.90. The number of aryl methyl sites for hydroxylation is 1. The molecule has 7 heteroatoms. The predicted octanol–water partition coefficient (Wildman–Crippen LogP) is 3.59. The number of sulfonamides is 1. The lowest BCUT2D eigenvalue weighted by Gasteiger charge is -2.04. The van der Waals surface area contributed by atoms with Gasteiger partial charge in [-0.15, -0.1) is 15.5 Å². The van der Waals surface area contributed by atoms with Crippen LogP contribution in [0.5, 0.6) is 0 Å². The van der Waals surface area contributed by atoms with Crippen LogP contribution in [-0.4, -0.2) is 13.4 Å². The van der Waals surface area contributed by atoms with Gasteiger partial charge in [-0.25, -0.2) is 13.4 Å². The van der Waals surface area contributed by atoms with Gasteiger partial charge in [0.1, 0.15) is 0 Å². The number of para-hydroxylation sites is 1. The quantitative estimate of drug-likeness (QED) is 0.740. The number of fused-ring (bicyclic) bond motifs is 1. The zero-order chi connectivity index (χ0) is 14.9. The minimum Gasteiger partial charge on any atom is -0.228 e. The predicted molar refractivity (Wildman–Crippen MR) is 87.0 cm³/mol. The Balaban J connectivity index is 1.78. The second-order valence-corrected chi connectivity index (χ2v) is 8.47. The number of hydrogen-bond acceptors (Lipinski definition) is 5. The second kappa shape index (κ2) is 5.76. The molecule has 0 unspecified atom stereocenters. The highest BCUT2D eigenvalue weighted by molar-refractivity contribution is 8.10. The highest BCUT2D eigenvalue weighted by Crippen LogP contribution is 2.28. The average Bonchev–Trinajstić information content (AvgIpc) is 2.89. The molecule has 1 heterocycles. The molecule has 3 aromatic rings. The summed E-state index contributed by atoms with van der Waals surface area (Å²) >= 11 is 2.48. The third-order valence-corrected chi connectivity index (χ3v) is 6.54. The third kappa shape index (κ3) is 3.26. The summed E-state index contributed by atoms with van der Waals surface area (Å²) in [6.45, 7) is 1.92. The molecule has 0 bridgehead atoms. The van der Waals surface area contributed by atoms with E-state index >= 15 is 0 Å². The minimum atomic E-state index is -3.53. The van der Waals surface area contributed by atoms with E-state index in [-0.39, 0.29) is 4.90 Å². The summed E-state index contributed by atoms with van der Waals surface area (Å²) in [5, 5.41) is 0. The Kier molecular flexibility index (Phi) is 3.99. The van der Waals surface area contributed by atoms with Gasteiger partial charge >= 0.3 is 0 Å². The molecule has 0 radical (unpaired) electrons. The maximum Gasteiger partial charge on any atom is 0.250 e. The third-order valence-electron chi connectivity index (χ3n) is 2.84. The van der Waals surface area contributed by atoms with Gasteiger partial charge in [0, 0.05) is 11.9 Å². The number of aromatic nitrogens is 1. The summed E-state index contributed by atoms with van der Waals surface area (Å²) in [4.78, 5) is 4.63. The van der Waals surface area contributed by atoms with Crippen LogP contribution in [0.1, 0.15) is 5.56 Å². The number of hydrogen-bond donors (Lipinski definition) is 1. The smallest absolute Gasteiger partial charge is 0.228 e. The lowest BCUT2D eigenvalue weighted by molar-refractivity contribution is 0.594. The van der Waals surface area contributed by atoms with Crippen LogP contribution in [0, 0.1) is 6.92 Å². The van der Waals surface area contributed by atoms with Crippen molar-refractivity contribution in [1.82, 2.24) is 9.11 Å². The molecule has 4 nitrogen and oxygen atoms in total. The fraction of sp³-hybridized carbons (Fsp3) is 0.0714. The Morgan fingerprint density at radius 3 is 2.52 bits per heavy atom. The largest absolute Gasteiger partial charge is 0.250 e. The molecular formula is C14H12N2O2S3. The molecule has 0 atom stereocenters. The second-order valence-electron chi connectivity index (χ2n) is 4.45. The van der Waals surface area contributed by atoms with Crippen LogP contribution in [0.25, 0.3) is 10.2 Å². The molecule has 1 aromatic heterocycles. The van der Waals surface area contributed by atoms with E-state index in [9.17, 15) is 8.42 Å². The highest BCUT2D eigenvalue weighted by Gasteiger charge is 2.15. The maximum atomic E-state index is 12.2. The molecule has 0 aliphatic rings. The van der Waals surface area contributed by atoms with Crippen LogP contribution < -0.4 is 4.13 Å². The molecule has 0 amide bonds. The van der Waals surface area contributed by atoms with Crippen LogP contribution in [0.2, 0.25) is 0 Å². The van der Waals surface area contributed by atoms with E-state index in [1.54, 1.807) is 24.3 Å². The van der Waals surface area contributed by atoms with E-state index in [0.717, 1.165) is 27.7 Å². The van der Waals surface area contributed by atoms with Crippen LogP contribution in [-0.2, 0) is 10.0 Å². The van der Waals surface area contributed by atoms with Crippen molar-refractivity contribution in [2.75, 3.05) is 0 Å². The van der Waals surface area contributed by atoms with Gasteiger partial charge in [0.05, 0.1) is 15.1 Å². The summed E-state index contributed by atoms with van der Waals surface area (Å²) in [7, 11) is -3.53. The van der Waals surface area contributed by atoms with Crippen LogP contribution in [0.4, 0.5) is 0 Å². The fourth-order valence-corrected chi connectivity index (χ4v) is 4.94. The van der Waals surface area contributed by atoms with E-state index in [0.29, 0.717) is 4.34 Å². The van der Waals surface area contributed by atoms with Crippen LogP contribution >= 0.6 is 23.3 Å². The van der Waals surface area contributed by atoms with Crippen molar-refractivity contribution in [2.45, 2.75) is 16.2 Å². The summed E-state index contributed by atoms with van der Waals surface area (Å²) < 4.78 is 28.6. The van der Waals surface area contributed by atoms with Gasteiger partial charge in [0.15, 0.2) is 4.34 Å². The van der Waals surface area contributed by atoms with Gasteiger partial charge in [0.2, 0.25) is 10.0 Å². The molecule has 1 N–H and O–H groups in total. The first kappa shape index (κ1) is 14.5. The first-order valence-electron chi connectivity index (χ1n) is 6.15. The number of benzene rings is 2. The Labute approximate surface area is 131 Å². The zero-order valence-corrected chi connectivity index (χ0v) is 13.6. The first-order chi connectivity index (χ1) is 10.0. The van der Waals surface area contributed by atoms with E-state index in [1.165, 1.54) is 11.3 Å². The molecule has 2 aromatic carbocycles. The van der Waals surface area contributed by atoms with E-state index in [4.69, 9.17) is 0 Å². The summed E-state index contributed by atoms with van der Waals surface area (Å²) in [5.74, 6) is 0. The number of nitrogens with zero attached hydrogens (tertiary/aromatic N) is 1. The van der Waals surface area contributed by atoms with Crippen molar-refractivity contribution in [3.63, 3.8) is 0 Å². The number of rotatable bonds is 4. The Bertz CT molecular complexity index is 838.